The van der Waals surface area contributed by atoms with Gasteiger partial charge < -0.3 is 20.7 Å². The molecule has 0 aliphatic rings. The Kier molecular flexibility index (Phi) is 7.49. The molecule has 3 rings (SSSR count). The predicted octanol–water partition coefficient (Wildman–Crippen LogP) is 3.66. The van der Waals surface area contributed by atoms with Crippen LogP contribution in [0.4, 0.5) is 24.8 Å². The first-order valence-corrected chi connectivity index (χ1v) is 9.77. The maximum atomic E-state index is 13.0. The molecule has 1 aromatic heterocycles. The third-order valence-corrected chi connectivity index (χ3v) is 4.65. The fraction of sp³-hybridized carbons (Fsp3) is 0.190. The number of aliphatic hydroxyl groups is 1. The molecule has 0 radical (unpaired) electrons. The highest BCUT2D eigenvalue weighted by molar-refractivity contribution is 6.30. The summed E-state index contributed by atoms with van der Waals surface area (Å²) < 4.78 is 44.1. The van der Waals surface area contributed by atoms with Crippen LogP contribution in [0.5, 0.6) is 0 Å². The number of aliphatic hydroxyl groups excluding tert-OH is 1. The van der Waals surface area contributed by atoms with E-state index in [1.807, 2.05) is 0 Å². The number of aromatic nitrogens is 2. The van der Waals surface area contributed by atoms with Gasteiger partial charge in [0.15, 0.2) is 0 Å². The summed E-state index contributed by atoms with van der Waals surface area (Å²) in [6.45, 7) is -0.582. The van der Waals surface area contributed by atoms with Crippen LogP contribution in [-0.2, 0) is 15.7 Å². The van der Waals surface area contributed by atoms with Crippen LogP contribution in [0, 0.1) is 0 Å². The summed E-state index contributed by atoms with van der Waals surface area (Å²) >= 11 is 6.03. The Balaban J connectivity index is 2.00. The zero-order chi connectivity index (χ0) is 24.2. The minimum atomic E-state index is -4.56. The number of hydrogen-bond acceptors (Lipinski definition) is 7. The molecule has 0 aliphatic heterocycles. The SMILES string of the molecule is N[C@@H](COC(O)N(c1ccc(C(F)(F)F)cc1)c1nccc(-c2cccc(Cl)c2)n1)C(=O)O. The molecule has 0 spiro atoms. The number of hydrogen-bond donors (Lipinski definition) is 3. The molecule has 0 fully saturated rings. The second kappa shape index (κ2) is 10.1. The van der Waals surface area contributed by atoms with Crippen LogP contribution in [0.1, 0.15) is 5.56 Å². The Labute approximate surface area is 191 Å². The standard InChI is InChI=1S/C21H18ClF3N4O4/c22-14-3-1-2-12(10-14)17-8-9-27-19(28-17)29(20(32)33-11-16(26)18(30)31)15-6-4-13(5-7-15)21(23,24)25/h1-10,16,20,32H,11,26H2,(H,30,31)/t16-,20?/m0/s1. The number of nitrogens with two attached hydrogens (primary N) is 1. The van der Waals surface area contributed by atoms with Crippen molar-refractivity contribution in [3.05, 3.63) is 71.4 Å². The minimum Gasteiger partial charge on any atom is -0.480 e. The average Bonchev–Trinajstić information content (AvgIpc) is 2.77. The summed E-state index contributed by atoms with van der Waals surface area (Å²) in [4.78, 5) is 20.4. The van der Waals surface area contributed by atoms with Gasteiger partial charge in [-0.3, -0.25) is 9.69 Å². The van der Waals surface area contributed by atoms with Crippen LogP contribution < -0.4 is 10.6 Å². The lowest BCUT2D eigenvalue weighted by Gasteiger charge is -2.28. The highest BCUT2D eigenvalue weighted by Gasteiger charge is 2.31. The molecule has 0 bridgehead atoms. The van der Waals surface area contributed by atoms with Crippen LogP contribution in [0.15, 0.2) is 60.8 Å². The van der Waals surface area contributed by atoms with E-state index in [9.17, 15) is 23.1 Å². The molecule has 3 aromatic rings. The van der Waals surface area contributed by atoms with E-state index in [-0.39, 0.29) is 11.6 Å². The first kappa shape index (κ1) is 24.4. The summed E-state index contributed by atoms with van der Waals surface area (Å²) in [6, 6.07) is 10.7. The van der Waals surface area contributed by atoms with Gasteiger partial charge >= 0.3 is 12.1 Å². The average molecular weight is 483 g/mol. The maximum absolute atomic E-state index is 13.0. The minimum absolute atomic E-state index is 0.0580. The zero-order valence-electron chi connectivity index (χ0n) is 16.8. The lowest BCUT2D eigenvalue weighted by molar-refractivity contribution is -0.144. The second-order valence-electron chi connectivity index (χ2n) is 6.77. The van der Waals surface area contributed by atoms with Crippen molar-refractivity contribution in [2.45, 2.75) is 18.6 Å². The largest absolute Gasteiger partial charge is 0.480 e. The molecule has 0 aliphatic carbocycles. The van der Waals surface area contributed by atoms with Crippen molar-refractivity contribution in [2.75, 3.05) is 11.5 Å². The number of ether oxygens (including phenoxy) is 1. The molecule has 1 heterocycles. The second-order valence-corrected chi connectivity index (χ2v) is 7.21. The smallest absolute Gasteiger partial charge is 0.416 e. The molecule has 4 N–H and O–H groups in total. The van der Waals surface area contributed by atoms with E-state index in [1.165, 1.54) is 6.20 Å². The molecule has 12 heteroatoms. The number of alkyl halides is 3. The van der Waals surface area contributed by atoms with E-state index in [0.717, 1.165) is 29.2 Å². The van der Waals surface area contributed by atoms with Crippen molar-refractivity contribution >= 4 is 29.2 Å². The van der Waals surface area contributed by atoms with Crippen molar-refractivity contribution in [1.82, 2.24) is 9.97 Å². The number of nitrogens with zero attached hydrogens (tertiary/aromatic N) is 3. The number of anilines is 2. The van der Waals surface area contributed by atoms with E-state index >= 15 is 0 Å². The van der Waals surface area contributed by atoms with Gasteiger partial charge in [-0.2, -0.15) is 13.2 Å². The van der Waals surface area contributed by atoms with Gasteiger partial charge in [-0.1, -0.05) is 23.7 Å². The molecule has 2 atom stereocenters. The monoisotopic (exact) mass is 482 g/mol. The van der Waals surface area contributed by atoms with Crippen LogP contribution >= 0.6 is 11.6 Å². The molecule has 0 saturated heterocycles. The Bertz CT molecular complexity index is 1120. The molecule has 0 amide bonds. The lowest BCUT2D eigenvalue weighted by Crippen LogP contribution is -2.41. The van der Waals surface area contributed by atoms with Crippen LogP contribution in [0.2, 0.25) is 5.02 Å². The molecule has 0 saturated carbocycles. The van der Waals surface area contributed by atoms with Crippen molar-refractivity contribution in [1.29, 1.82) is 0 Å². The van der Waals surface area contributed by atoms with Crippen LogP contribution in [0.3, 0.4) is 0 Å². The van der Waals surface area contributed by atoms with E-state index in [0.29, 0.717) is 16.3 Å². The third kappa shape index (κ3) is 6.17. The number of carboxylic acids is 1. The van der Waals surface area contributed by atoms with Crippen molar-refractivity contribution in [3.63, 3.8) is 0 Å². The normalized spacial score (nSPS) is 13.4. The highest BCUT2D eigenvalue weighted by Crippen LogP contribution is 2.33. The summed E-state index contributed by atoms with van der Waals surface area (Å²) in [6.07, 6.45) is -5.04. The fourth-order valence-electron chi connectivity index (χ4n) is 2.76. The van der Waals surface area contributed by atoms with Gasteiger partial charge in [-0.15, -0.1) is 0 Å². The lowest BCUT2D eigenvalue weighted by atomic mass is 10.1. The van der Waals surface area contributed by atoms with Gasteiger partial charge in [-0.25, -0.2) is 9.97 Å². The molecule has 1 unspecified atom stereocenters. The van der Waals surface area contributed by atoms with Gasteiger partial charge in [0, 0.05) is 22.5 Å². The van der Waals surface area contributed by atoms with Crippen LogP contribution in [0.25, 0.3) is 11.3 Å². The first-order chi connectivity index (χ1) is 15.6. The number of benzene rings is 2. The number of carbonyl (C=O) groups is 1. The Morgan fingerprint density at radius 3 is 2.48 bits per heavy atom. The fourth-order valence-corrected chi connectivity index (χ4v) is 2.95. The number of aliphatic carboxylic acids is 1. The van der Waals surface area contributed by atoms with E-state index in [4.69, 9.17) is 27.2 Å². The quantitative estimate of drug-likeness (QED) is 0.416. The molecule has 8 nitrogen and oxygen atoms in total. The van der Waals surface area contributed by atoms with Gasteiger partial charge in [0.1, 0.15) is 6.04 Å². The molecule has 33 heavy (non-hydrogen) atoms. The molecular weight excluding hydrogens is 465 g/mol. The highest BCUT2D eigenvalue weighted by atomic mass is 35.5. The Hall–Kier alpha value is -3.25. The number of halogens is 4. The zero-order valence-corrected chi connectivity index (χ0v) is 17.5. The summed E-state index contributed by atoms with van der Waals surface area (Å²) in [5.41, 5.74) is 5.60. The van der Waals surface area contributed by atoms with Gasteiger partial charge in [-0.05, 0) is 42.5 Å². The van der Waals surface area contributed by atoms with Gasteiger partial charge in [0.25, 0.3) is 0 Å². The topological polar surface area (TPSA) is 122 Å². The summed E-state index contributed by atoms with van der Waals surface area (Å²) in [5.74, 6) is -1.48. The van der Waals surface area contributed by atoms with Crippen molar-refractivity contribution < 1.29 is 32.9 Å². The van der Waals surface area contributed by atoms with Crippen LogP contribution in [-0.4, -0.2) is 45.2 Å². The molecule has 174 valence electrons. The summed E-state index contributed by atoms with van der Waals surface area (Å²) in [7, 11) is 0. The van der Waals surface area contributed by atoms with Gasteiger partial charge in [0.2, 0.25) is 12.4 Å². The van der Waals surface area contributed by atoms with Gasteiger partial charge in [0.05, 0.1) is 17.9 Å². The first-order valence-electron chi connectivity index (χ1n) is 9.40. The van der Waals surface area contributed by atoms with Crippen molar-refractivity contribution in [3.8, 4) is 11.3 Å². The molecule has 2 aromatic carbocycles. The van der Waals surface area contributed by atoms with E-state index < -0.39 is 36.8 Å². The summed E-state index contributed by atoms with van der Waals surface area (Å²) in [5, 5.41) is 20.0. The third-order valence-electron chi connectivity index (χ3n) is 4.41. The predicted molar refractivity (Wildman–Crippen MR) is 114 cm³/mol. The Morgan fingerprint density at radius 1 is 1.18 bits per heavy atom. The van der Waals surface area contributed by atoms with E-state index in [2.05, 4.69) is 9.97 Å². The van der Waals surface area contributed by atoms with Crippen molar-refractivity contribution in [2.24, 2.45) is 5.73 Å². The maximum Gasteiger partial charge on any atom is 0.416 e. The van der Waals surface area contributed by atoms with E-state index in [1.54, 1.807) is 30.3 Å². The number of carboxylic acid groups (broad SMARTS) is 1. The molecular formula is C21H18ClF3N4O4. The Morgan fingerprint density at radius 2 is 1.88 bits per heavy atom. The number of rotatable bonds is 8.